The van der Waals surface area contributed by atoms with Crippen LogP contribution in [0.3, 0.4) is 0 Å². The van der Waals surface area contributed by atoms with Gasteiger partial charge in [0.05, 0.1) is 6.61 Å². The first-order chi connectivity index (χ1) is 8.77. The molecule has 0 spiro atoms. The second-order valence-corrected chi connectivity index (χ2v) is 6.81. The number of carbonyl (C=O) groups is 1. The fourth-order valence-electron chi connectivity index (χ4n) is 1.57. The van der Waals surface area contributed by atoms with E-state index in [1.165, 1.54) is 6.66 Å². The summed E-state index contributed by atoms with van der Waals surface area (Å²) in [6, 6.07) is 8.81. The van der Waals surface area contributed by atoms with Crippen LogP contribution in [-0.4, -0.2) is 24.8 Å². The van der Waals surface area contributed by atoms with Crippen LogP contribution in [-0.2, 0) is 14.1 Å². The number of esters is 1. The normalized spacial score (nSPS) is 14.5. The standard InChI is InChI=1S/C13H20NO4P/c1-5-17-12(15)13(2,3)14-19(4,16)18-11-9-7-6-8-10-11/h6-10H,5H2,1-4H3,(H,14,16)/t19-/m1/s1. The molecule has 0 aromatic heterocycles. The molecule has 0 bridgehead atoms. The van der Waals surface area contributed by atoms with Crippen LogP contribution in [0.1, 0.15) is 20.8 Å². The van der Waals surface area contributed by atoms with E-state index in [1.807, 2.05) is 6.07 Å². The van der Waals surface area contributed by atoms with Gasteiger partial charge in [0.2, 0.25) is 0 Å². The van der Waals surface area contributed by atoms with Gasteiger partial charge in [-0.25, -0.2) is 5.09 Å². The largest absolute Gasteiger partial charge is 0.465 e. The number of hydrogen-bond acceptors (Lipinski definition) is 4. The highest BCUT2D eigenvalue weighted by Crippen LogP contribution is 2.41. The first kappa shape index (κ1) is 15.7. The second kappa shape index (κ2) is 6.22. The number of benzene rings is 1. The number of nitrogens with one attached hydrogen (secondary N) is 1. The van der Waals surface area contributed by atoms with Gasteiger partial charge in [-0.3, -0.25) is 9.36 Å². The molecule has 1 N–H and O–H groups in total. The smallest absolute Gasteiger partial charge is 0.326 e. The molecular formula is C13H20NO4P. The molecular weight excluding hydrogens is 265 g/mol. The SMILES string of the molecule is CCOC(=O)C(C)(C)N[P@](C)(=O)Oc1ccccc1. The van der Waals surface area contributed by atoms with Crippen molar-refractivity contribution in [2.75, 3.05) is 13.3 Å². The van der Waals surface area contributed by atoms with Crippen molar-refractivity contribution < 1.29 is 18.6 Å². The maximum absolute atomic E-state index is 12.4. The lowest BCUT2D eigenvalue weighted by atomic mass is 10.1. The molecule has 0 unspecified atom stereocenters. The number of rotatable bonds is 6. The van der Waals surface area contributed by atoms with Crippen molar-refractivity contribution in [3.63, 3.8) is 0 Å². The van der Waals surface area contributed by atoms with E-state index in [0.717, 1.165) is 0 Å². The Balaban J connectivity index is 2.74. The molecule has 0 aliphatic carbocycles. The third-order valence-corrected chi connectivity index (χ3v) is 3.82. The molecule has 0 saturated carbocycles. The minimum Gasteiger partial charge on any atom is -0.465 e. The van der Waals surface area contributed by atoms with Gasteiger partial charge in [-0.15, -0.1) is 0 Å². The summed E-state index contributed by atoms with van der Waals surface area (Å²) in [6.45, 7) is 6.64. The summed E-state index contributed by atoms with van der Waals surface area (Å²) in [6.07, 6.45) is 0. The summed E-state index contributed by atoms with van der Waals surface area (Å²) in [5.41, 5.74) is -1.07. The molecule has 6 heteroatoms. The predicted molar refractivity (Wildman–Crippen MR) is 74.4 cm³/mol. The van der Waals surface area contributed by atoms with Crippen LogP contribution in [0, 0.1) is 0 Å². The third-order valence-electron chi connectivity index (χ3n) is 2.29. The molecule has 1 aromatic rings. The van der Waals surface area contributed by atoms with E-state index in [2.05, 4.69) is 5.09 Å². The van der Waals surface area contributed by atoms with Gasteiger partial charge < -0.3 is 9.26 Å². The van der Waals surface area contributed by atoms with E-state index in [-0.39, 0.29) is 6.61 Å². The van der Waals surface area contributed by atoms with Crippen molar-refractivity contribution in [3.8, 4) is 5.75 Å². The van der Waals surface area contributed by atoms with Crippen molar-refractivity contribution in [3.05, 3.63) is 30.3 Å². The van der Waals surface area contributed by atoms with Crippen LogP contribution in [0.25, 0.3) is 0 Å². The molecule has 0 heterocycles. The zero-order valence-electron chi connectivity index (χ0n) is 11.7. The van der Waals surface area contributed by atoms with Gasteiger partial charge >= 0.3 is 13.5 Å². The summed E-state index contributed by atoms with van der Waals surface area (Å²) < 4.78 is 22.7. The molecule has 19 heavy (non-hydrogen) atoms. The molecule has 0 radical (unpaired) electrons. The van der Waals surface area contributed by atoms with Crippen molar-refractivity contribution >= 4 is 13.5 Å². The van der Waals surface area contributed by atoms with Crippen LogP contribution >= 0.6 is 7.52 Å². The molecule has 1 aromatic carbocycles. The lowest BCUT2D eigenvalue weighted by molar-refractivity contribution is -0.149. The number of hydrogen-bond donors (Lipinski definition) is 1. The summed E-state index contributed by atoms with van der Waals surface area (Å²) >= 11 is 0. The van der Waals surface area contributed by atoms with Crippen LogP contribution in [0.5, 0.6) is 5.75 Å². The average molecular weight is 285 g/mol. The molecule has 0 saturated heterocycles. The second-order valence-electron chi connectivity index (χ2n) is 4.71. The van der Waals surface area contributed by atoms with E-state index in [4.69, 9.17) is 9.26 Å². The van der Waals surface area contributed by atoms with Crippen LogP contribution in [0.15, 0.2) is 30.3 Å². The van der Waals surface area contributed by atoms with Crippen LogP contribution in [0.4, 0.5) is 0 Å². The Hall–Kier alpha value is -1.32. The minimum absolute atomic E-state index is 0.275. The fourth-order valence-corrected chi connectivity index (χ4v) is 3.25. The lowest BCUT2D eigenvalue weighted by Gasteiger charge is -2.27. The van der Waals surface area contributed by atoms with Crippen molar-refractivity contribution in [1.82, 2.24) is 5.09 Å². The van der Waals surface area contributed by atoms with Gasteiger partial charge in [0.15, 0.2) is 0 Å². The van der Waals surface area contributed by atoms with Gasteiger partial charge in [-0.1, -0.05) is 18.2 Å². The lowest BCUT2D eigenvalue weighted by Crippen LogP contribution is -2.46. The van der Waals surface area contributed by atoms with E-state index in [1.54, 1.807) is 45.0 Å². The maximum atomic E-state index is 12.4. The molecule has 5 nitrogen and oxygen atoms in total. The Morgan fingerprint density at radius 2 is 1.89 bits per heavy atom. The Morgan fingerprint density at radius 3 is 2.42 bits per heavy atom. The fraction of sp³-hybridized carbons (Fsp3) is 0.462. The highest BCUT2D eigenvalue weighted by atomic mass is 31.2. The number of carbonyl (C=O) groups excluding carboxylic acids is 1. The summed E-state index contributed by atoms with van der Waals surface area (Å²) in [5.74, 6) is 0.0224. The number of ether oxygens (including phenoxy) is 1. The minimum atomic E-state index is -3.16. The first-order valence-corrected chi connectivity index (χ1v) is 8.13. The van der Waals surface area contributed by atoms with Crippen molar-refractivity contribution in [1.29, 1.82) is 0 Å². The molecule has 1 atom stereocenters. The Kier molecular flexibility index (Phi) is 5.15. The van der Waals surface area contributed by atoms with E-state index in [0.29, 0.717) is 5.75 Å². The van der Waals surface area contributed by atoms with Crippen LogP contribution < -0.4 is 9.61 Å². The zero-order chi connectivity index (χ0) is 14.5. The van der Waals surface area contributed by atoms with Gasteiger partial charge in [0.1, 0.15) is 11.3 Å². The molecule has 1 rings (SSSR count). The molecule has 0 aliphatic heterocycles. The van der Waals surface area contributed by atoms with Gasteiger partial charge in [0.25, 0.3) is 0 Å². The molecule has 0 amide bonds. The quantitative estimate of drug-likeness (QED) is 0.643. The predicted octanol–water partition coefficient (Wildman–Crippen LogP) is 2.82. The van der Waals surface area contributed by atoms with Gasteiger partial charge in [-0.05, 0) is 32.9 Å². The van der Waals surface area contributed by atoms with Gasteiger partial charge in [-0.2, -0.15) is 0 Å². The highest BCUT2D eigenvalue weighted by molar-refractivity contribution is 7.56. The van der Waals surface area contributed by atoms with Gasteiger partial charge in [0, 0.05) is 6.66 Å². The number of para-hydroxylation sites is 1. The Labute approximate surface area is 113 Å². The van der Waals surface area contributed by atoms with Crippen LogP contribution in [0.2, 0.25) is 0 Å². The molecule has 0 fully saturated rings. The maximum Gasteiger partial charge on any atom is 0.326 e. The van der Waals surface area contributed by atoms with E-state index < -0.39 is 19.0 Å². The molecule has 106 valence electrons. The third kappa shape index (κ3) is 5.05. The molecule has 0 aliphatic rings. The summed E-state index contributed by atoms with van der Waals surface area (Å²) in [4.78, 5) is 11.7. The summed E-state index contributed by atoms with van der Waals surface area (Å²) in [5, 5.41) is 2.72. The topological polar surface area (TPSA) is 64.6 Å². The van der Waals surface area contributed by atoms with Crippen molar-refractivity contribution in [2.24, 2.45) is 0 Å². The highest BCUT2D eigenvalue weighted by Gasteiger charge is 2.35. The average Bonchev–Trinajstić information content (AvgIpc) is 2.28. The Morgan fingerprint density at radius 1 is 1.32 bits per heavy atom. The Bertz CT molecular complexity index is 473. The first-order valence-electron chi connectivity index (χ1n) is 6.05. The summed E-state index contributed by atoms with van der Waals surface area (Å²) in [7, 11) is -3.16. The van der Waals surface area contributed by atoms with E-state index >= 15 is 0 Å². The zero-order valence-corrected chi connectivity index (χ0v) is 12.6. The van der Waals surface area contributed by atoms with E-state index in [9.17, 15) is 9.36 Å². The monoisotopic (exact) mass is 285 g/mol. The van der Waals surface area contributed by atoms with Crippen molar-refractivity contribution in [2.45, 2.75) is 26.3 Å².